The minimum Gasteiger partial charge on any atom is -0.507 e. The molecule has 0 atom stereocenters. The predicted octanol–water partition coefficient (Wildman–Crippen LogP) is 5.73. The molecule has 1 aromatic carbocycles. The largest absolute Gasteiger partial charge is 0.507 e. The van der Waals surface area contributed by atoms with Crippen molar-refractivity contribution in [2.45, 2.75) is 78.1 Å². The van der Waals surface area contributed by atoms with E-state index in [-0.39, 0.29) is 10.8 Å². The monoisotopic (exact) mass is 275 g/mol. The van der Waals surface area contributed by atoms with Crippen molar-refractivity contribution < 1.29 is 5.11 Å². The normalized spacial score (nSPS) is 12.8. The fourth-order valence-corrected chi connectivity index (χ4v) is 2.83. The van der Waals surface area contributed by atoms with Crippen LogP contribution in [0.3, 0.4) is 0 Å². The van der Waals surface area contributed by atoms with E-state index >= 15 is 0 Å². The summed E-state index contributed by atoms with van der Waals surface area (Å²) in [5.41, 5.74) is 2.98. The van der Waals surface area contributed by atoms with Crippen molar-refractivity contribution in [3.63, 3.8) is 0 Å². The average molecular weight is 275 g/mol. The van der Waals surface area contributed by atoms with Crippen LogP contribution in [0.25, 0.3) is 0 Å². The topological polar surface area (TPSA) is 20.2 Å². The van der Waals surface area contributed by atoms with E-state index < -0.39 is 0 Å². The molecule has 20 heavy (non-hydrogen) atoms. The van der Waals surface area contributed by atoms with E-state index in [1.807, 2.05) is 0 Å². The Morgan fingerprint density at radius 3 is 2.05 bits per heavy atom. The maximum Gasteiger partial charge on any atom is 0.122 e. The van der Waals surface area contributed by atoms with Crippen LogP contribution >= 0.6 is 0 Å². The Bertz CT molecular complexity index is 450. The van der Waals surface area contributed by atoms with Gasteiger partial charge in [-0.3, -0.25) is 0 Å². The molecule has 0 aliphatic rings. The van der Waals surface area contributed by atoms with Crippen LogP contribution < -0.4 is 0 Å². The van der Waals surface area contributed by atoms with Crippen LogP contribution in [0.5, 0.6) is 5.75 Å². The molecule has 0 aliphatic carbocycles. The number of hydrogen-bond donors (Lipinski definition) is 1. The third kappa shape index (κ3) is 3.77. The lowest BCUT2D eigenvalue weighted by Crippen LogP contribution is -2.20. The number of rotatable bonds is 5. The van der Waals surface area contributed by atoms with E-state index in [1.165, 1.54) is 24.8 Å². The van der Waals surface area contributed by atoms with Crippen LogP contribution in [0.2, 0.25) is 0 Å². The van der Waals surface area contributed by atoms with Crippen LogP contribution in [-0.4, -0.2) is 5.11 Å². The summed E-state index contributed by atoms with van der Waals surface area (Å²) in [6.07, 6.45) is 4.87. The van der Waals surface area contributed by atoms with Gasteiger partial charge in [0.1, 0.15) is 5.75 Å². The Hall–Kier alpha value is -0.980. The molecule has 0 unspecified atom stereocenters. The highest BCUT2D eigenvalue weighted by Gasteiger charge is 2.26. The first-order chi connectivity index (χ1) is 9.11. The average Bonchev–Trinajstić information content (AvgIpc) is 2.30. The fraction of sp³-hybridized carbons (Fsp3) is 0.632. The van der Waals surface area contributed by atoms with Crippen LogP contribution in [0.1, 0.15) is 83.9 Å². The van der Waals surface area contributed by atoms with E-state index in [4.69, 9.17) is 0 Å². The Labute approximate surface area is 125 Å². The van der Waals surface area contributed by atoms with Crippen LogP contribution in [0, 0.1) is 6.92 Å². The van der Waals surface area contributed by atoms with Crippen molar-refractivity contribution in [1.29, 1.82) is 0 Å². The second-order valence-electron chi connectivity index (χ2n) is 7.58. The lowest BCUT2D eigenvalue weighted by Gasteiger charge is -2.30. The minimum atomic E-state index is -0.0542. The van der Waals surface area contributed by atoms with Gasteiger partial charge in [-0.1, -0.05) is 72.9 Å². The van der Waals surface area contributed by atoms with Gasteiger partial charge < -0.3 is 5.11 Å². The minimum absolute atomic E-state index is 0.0542. The molecule has 1 radical (unpaired) electrons. The molecule has 0 saturated heterocycles. The van der Waals surface area contributed by atoms with E-state index in [0.717, 1.165) is 17.5 Å². The molecule has 0 aliphatic heterocycles. The van der Waals surface area contributed by atoms with Crippen LogP contribution in [0.15, 0.2) is 12.1 Å². The molecule has 0 fully saturated rings. The van der Waals surface area contributed by atoms with Gasteiger partial charge in [0.25, 0.3) is 0 Å². The second-order valence-corrected chi connectivity index (χ2v) is 7.58. The summed E-state index contributed by atoms with van der Waals surface area (Å²) in [5.74, 6) is 0.374. The Morgan fingerprint density at radius 1 is 1.00 bits per heavy atom. The fourth-order valence-electron chi connectivity index (χ4n) is 2.83. The SMILES string of the molecule is [CH2]c1c(C(C)(C)CCCCC)ccc(C(C)(C)C)c1O. The standard InChI is InChI=1S/C19H31O/c1-8-9-10-13-19(6,7)15-11-12-16(18(3,4)5)17(20)14(15)2/h11-12,20H,2,8-10,13H2,1,3-7H3. The summed E-state index contributed by atoms with van der Waals surface area (Å²) >= 11 is 0. The van der Waals surface area contributed by atoms with Gasteiger partial charge in [0, 0.05) is 0 Å². The van der Waals surface area contributed by atoms with Crippen molar-refractivity contribution in [2.75, 3.05) is 0 Å². The van der Waals surface area contributed by atoms with Gasteiger partial charge in [-0.15, -0.1) is 0 Å². The third-order valence-corrected chi connectivity index (χ3v) is 4.23. The molecule has 0 aromatic heterocycles. The number of benzene rings is 1. The highest BCUT2D eigenvalue weighted by molar-refractivity contribution is 5.52. The first kappa shape index (κ1) is 17.1. The molecule has 0 amide bonds. The molecule has 0 saturated carbocycles. The quantitative estimate of drug-likeness (QED) is 0.680. The summed E-state index contributed by atoms with van der Waals surface area (Å²) in [6.45, 7) is 17.2. The molecule has 1 aromatic rings. The van der Waals surface area contributed by atoms with Gasteiger partial charge in [-0.05, 0) is 40.9 Å². The predicted molar refractivity (Wildman–Crippen MR) is 88.4 cm³/mol. The first-order valence-electron chi connectivity index (χ1n) is 7.80. The third-order valence-electron chi connectivity index (χ3n) is 4.23. The maximum absolute atomic E-state index is 10.5. The van der Waals surface area contributed by atoms with E-state index in [2.05, 4.69) is 60.6 Å². The number of hydrogen-bond acceptors (Lipinski definition) is 1. The van der Waals surface area contributed by atoms with E-state index in [9.17, 15) is 5.11 Å². The molecule has 0 spiro atoms. The van der Waals surface area contributed by atoms with Crippen LogP contribution in [0.4, 0.5) is 0 Å². The molecule has 1 rings (SSSR count). The number of aromatic hydroxyl groups is 1. The number of phenols is 1. The molecule has 1 N–H and O–H groups in total. The molecule has 113 valence electrons. The summed E-state index contributed by atoms with van der Waals surface area (Å²) in [7, 11) is 0. The number of unbranched alkanes of at least 4 members (excludes halogenated alkanes) is 2. The van der Waals surface area contributed by atoms with Crippen molar-refractivity contribution in [1.82, 2.24) is 0 Å². The van der Waals surface area contributed by atoms with Crippen molar-refractivity contribution >= 4 is 0 Å². The zero-order valence-corrected chi connectivity index (χ0v) is 14.1. The lowest BCUT2D eigenvalue weighted by atomic mass is 9.75. The summed E-state index contributed by atoms with van der Waals surface area (Å²) in [5, 5.41) is 10.5. The van der Waals surface area contributed by atoms with E-state index in [0.29, 0.717) is 5.75 Å². The smallest absolute Gasteiger partial charge is 0.122 e. The molecule has 1 heteroatoms. The van der Waals surface area contributed by atoms with Gasteiger partial charge in [-0.25, -0.2) is 0 Å². The molecular formula is C19H31O. The highest BCUT2D eigenvalue weighted by atomic mass is 16.3. The molecule has 0 bridgehead atoms. The van der Waals surface area contributed by atoms with Crippen LogP contribution in [-0.2, 0) is 10.8 Å². The molecule has 1 nitrogen and oxygen atoms in total. The summed E-state index contributed by atoms with van der Waals surface area (Å²) < 4.78 is 0. The van der Waals surface area contributed by atoms with Gasteiger partial charge in [0.2, 0.25) is 0 Å². The molecular weight excluding hydrogens is 244 g/mol. The van der Waals surface area contributed by atoms with Gasteiger partial charge in [-0.2, -0.15) is 0 Å². The summed E-state index contributed by atoms with van der Waals surface area (Å²) in [6, 6.07) is 4.23. The second kappa shape index (κ2) is 6.20. The van der Waals surface area contributed by atoms with Gasteiger partial charge in [0.15, 0.2) is 0 Å². The summed E-state index contributed by atoms with van der Waals surface area (Å²) in [4.78, 5) is 0. The molecule has 0 heterocycles. The van der Waals surface area contributed by atoms with Gasteiger partial charge >= 0.3 is 0 Å². The number of phenolic OH excluding ortho intramolecular Hbond substituents is 1. The van der Waals surface area contributed by atoms with Gasteiger partial charge in [0.05, 0.1) is 0 Å². The van der Waals surface area contributed by atoms with Crippen molar-refractivity contribution in [3.05, 3.63) is 35.7 Å². The van der Waals surface area contributed by atoms with Crippen molar-refractivity contribution in [2.24, 2.45) is 0 Å². The Kier molecular flexibility index (Phi) is 5.29. The van der Waals surface area contributed by atoms with Crippen molar-refractivity contribution in [3.8, 4) is 5.75 Å². The Balaban J connectivity index is 3.12. The highest BCUT2D eigenvalue weighted by Crippen LogP contribution is 2.40. The zero-order chi connectivity index (χ0) is 15.6. The lowest BCUT2D eigenvalue weighted by molar-refractivity contribution is 0.425. The zero-order valence-electron chi connectivity index (χ0n) is 14.1. The maximum atomic E-state index is 10.5. The van der Waals surface area contributed by atoms with E-state index in [1.54, 1.807) is 0 Å². The first-order valence-corrected chi connectivity index (χ1v) is 7.80. The Morgan fingerprint density at radius 2 is 1.55 bits per heavy atom.